The quantitative estimate of drug-likeness (QED) is 0.526. The first-order valence-electron chi connectivity index (χ1n) is 3.47. The van der Waals surface area contributed by atoms with Gasteiger partial charge in [-0.15, -0.1) is 10.2 Å². The molecule has 0 aliphatic heterocycles. The first-order chi connectivity index (χ1) is 6.20. The Morgan fingerprint density at radius 2 is 2.23 bits per heavy atom. The third-order valence-electron chi connectivity index (χ3n) is 1.66. The third kappa shape index (κ3) is 1.01. The second-order valence-electron chi connectivity index (χ2n) is 2.45. The molecule has 0 unspecified atom stereocenters. The molecule has 2 aromatic rings. The normalized spacial score (nSPS) is 10.5. The fourth-order valence-corrected chi connectivity index (χ4v) is 0.992. The summed E-state index contributed by atoms with van der Waals surface area (Å²) in [6, 6.07) is 0. The first kappa shape index (κ1) is 7.59. The van der Waals surface area contributed by atoms with E-state index in [0.29, 0.717) is 0 Å². The molecule has 0 fully saturated rings. The van der Waals surface area contributed by atoms with Crippen molar-refractivity contribution in [2.45, 2.75) is 0 Å². The number of aromatic amines is 1. The maximum Gasteiger partial charge on any atom is 0.329 e. The number of hydrogen-bond donors (Lipinski definition) is 1. The van der Waals surface area contributed by atoms with Crippen molar-refractivity contribution in [1.29, 1.82) is 0 Å². The zero-order chi connectivity index (χ0) is 9.42. The van der Waals surface area contributed by atoms with Gasteiger partial charge in [-0.25, -0.2) is 9.78 Å². The Balaban J connectivity index is 3.15. The van der Waals surface area contributed by atoms with Gasteiger partial charge in [0.1, 0.15) is 6.33 Å². The molecular weight excluding hydrogens is 174 g/mol. The van der Waals surface area contributed by atoms with Crippen LogP contribution >= 0.6 is 0 Å². The van der Waals surface area contributed by atoms with E-state index in [9.17, 15) is 9.59 Å². The fraction of sp³-hybridized carbons (Fsp3) is 0.167. The number of fused-ring (bicyclic) bond motifs is 1. The summed E-state index contributed by atoms with van der Waals surface area (Å²) in [5.74, 6) is 0. The molecular formula is C6H5N5O2. The molecule has 13 heavy (non-hydrogen) atoms. The van der Waals surface area contributed by atoms with E-state index >= 15 is 0 Å². The van der Waals surface area contributed by atoms with E-state index < -0.39 is 11.2 Å². The Bertz CT molecular complexity index is 569. The summed E-state index contributed by atoms with van der Waals surface area (Å²) in [4.78, 5) is 28.0. The van der Waals surface area contributed by atoms with Gasteiger partial charge in [-0.3, -0.25) is 14.3 Å². The third-order valence-corrected chi connectivity index (χ3v) is 1.66. The van der Waals surface area contributed by atoms with Crippen molar-refractivity contribution in [3.63, 3.8) is 0 Å². The highest BCUT2D eigenvalue weighted by Crippen LogP contribution is 1.93. The van der Waals surface area contributed by atoms with Gasteiger partial charge in [-0.05, 0) is 0 Å². The smallest absolute Gasteiger partial charge is 0.278 e. The van der Waals surface area contributed by atoms with Crippen LogP contribution in [0.2, 0.25) is 0 Å². The lowest BCUT2D eigenvalue weighted by Crippen LogP contribution is -2.29. The Labute approximate surface area is 71.1 Å². The van der Waals surface area contributed by atoms with Crippen LogP contribution in [0.5, 0.6) is 0 Å². The van der Waals surface area contributed by atoms with Crippen molar-refractivity contribution in [3.8, 4) is 0 Å². The average molecular weight is 179 g/mol. The number of nitrogens with zero attached hydrogens (tertiary/aromatic N) is 4. The molecule has 0 aliphatic rings. The van der Waals surface area contributed by atoms with Crippen molar-refractivity contribution in [1.82, 2.24) is 24.7 Å². The summed E-state index contributed by atoms with van der Waals surface area (Å²) in [7, 11) is 1.48. The van der Waals surface area contributed by atoms with Gasteiger partial charge in [0, 0.05) is 7.05 Å². The Kier molecular flexibility index (Phi) is 1.44. The van der Waals surface area contributed by atoms with E-state index in [2.05, 4.69) is 20.2 Å². The summed E-state index contributed by atoms with van der Waals surface area (Å²) >= 11 is 0. The number of H-pyrrole nitrogens is 1. The molecule has 0 spiro atoms. The van der Waals surface area contributed by atoms with Gasteiger partial charge in [-0.2, -0.15) is 0 Å². The summed E-state index contributed by atoms with van der Waals surface area (Å²) < 4.78 is 1.18. The predicted octanol–water partition coefficient (Wildman–Crippen LogP) is -1.59. The van der Waals surface area contributed by atoms with E-state index in [-0.39, 0.29) is 11.2 Å². The lowest BCUT2D eigenvalue weighted by atomic mass is 10.5. The van der Waals surface area contributed by atoms with Crippen LogP contribution < -0.4 is 11.2 Å². The number of nitrogens with one attached hydrogen (secondary N) is 1. The van der Waals surface area contributed by atoms with Gasteiger partial charge in [-0.1, -0.05) is 0 Å². The van der Waals surface area contributed by atoms with Crippen LogP contribution in [0.1, 0.15) is 0 Å². The van der Waals surface area contributed by atoms with E-state index in [1.807, 2.05) is 0 Å². The standard InChI is InChI=1S/C6H5N5O2/c1-11-4-3(7-2-8-10-4)5(12)9-6(11)13/h2H,1H3,(H,9,12,13). The summed E-state index contributed by atoms with van der Waals surface area (Å²) in [6.45, 7) is 0. The molecule has 0 aliphatic carbocycles. The SMILES string of the molecule is Cn1c(=O)[nH]c(=O)c2ncnnc21. The maximum atomic E-state index is 11.2. The molecule has 1 N–H and O–H groups in total. The maximum absolute atomic E-state index is 11.2. The van der Waals surface area contributed by atoms with Crippen molar-refractivity contribution in [3.05, 3.63) is 27.2 Å². The van der Waals surface area contributed by atoms with Crippen LogP contribution in [-0.2, 0) is 7.05 Å². The number of aromatic nitrogens is 5. The van der Waals surface area contributed by atoms with Gasteiger partial charge in [0.15, 0.2) is 11.2 Å². The lowest BCUT2D eigenvalue weighted by molar-refractivity contribution is 0.805. The molecule has 0 saturated heterocycles. The highest BCUT2D eigenvalue weighted by atomic mass is 16.2. The molecule has 0 amide bonds. The molecule has 0 radical (unpaired) electrons. The monoisotopic (exact) mass is 179 g/mol. The largest absolute Gasteiger partial charge is 0.329 e. The van der Waals surface area contributed by atoms with Crippen LogP contribution in [-0.4, -0.2) is 24.7 Å². The molecule has 2 aromatic heterocycles. The molecule has 2 rings (SSSR count). The van der Waals surface area contributed by atoms with E-state index in [4.69, 9.17) is 0 Å². The van der Waals surface area contributed by atoms with E-state index in [1.165, 1.54) is 11.6 Å². The van der Waals surface area contributed by atoms with Gasteiger partial charge < -0.3 is 0 Å². The zero-order valence-electron chi connectivity index (χ0n) is 6.68. The molecule has 2 heterocycles. The average Bonchev–Trinajstić information content (AvgIpc) is 2.15. The Morgan fingerprint density at radius 1 is 1.46 bits per heavy atom. The summed E-state index contributed by atoms with van der Waals surface area (Å²) in [6.07, 6.45) is 1.15. The van der Waals surface area contributed by atoms with Gasteiger partial charge in [0.25, 0.3) is 5.56 Å². The van der Waals surface area contributed by atoms with Crippen LogP contribution in [0.25, 0.3) is 11.2 Å². The van der Waals surface area contributed by atoms with Gasteiger partial charge in [0.2, 0.25) is 0 Å². The van der Waals surface area contributed by atoms with Crippen molar-refractivity contribution in [2.24, 2.45) is 7.05 Å². The number of hydrogen-bond acceptors (Lipinski definition) is 5. The second kappa shape index (κ2) is 2.47. The van der Waals surface area contributed by atoms with Crippen LogP contribution in [0.4, 0.5) is 0 Å². The summed E-state index contributed by atoms with van der Waals surface area (Å²) in [5.41, 5.74) is -0.791. The van der Waals surface area contributed by atoms with E-state index in [1.54, 1.807) is 0 Å². The highest BCUT2D eigenvalue weighted by Gasteiger charge is 2.05. The Morgan fingerprint density at radius 3 is 3.00 bits per heavy atom. The molecule has 66 valence electrons. The van der Waals surface area contributed by atoms with Crippen molar-refractivity contribution < 1.29 is 0 Å². The molecule has 7 nitrogen and oxygen atoms in total. The molecule has 0 aromatic carbocycles. The van der Waals surface area contributed by atoms with Crippen LogP contribution in [0, 0.1) is 0 Å². The topological polar surface area (TPSA) is 93.5 Å². The fourth-order valence-electron chi connectivity index (χ4n) is 0.992. The molecule has 0 atom stereocenters. The van der Waals surface area contributed by atoms with E-state index in [0.717, 1.165) is 6.33 Å². The molecule has 0 saturated carbocycles. The zero-order valence-corrected chi connectivity index (χ0v) is 6.68. The number of aryl methyl sites for hydroxylation is 1. The molecule has 7 heteroatoms. The minimum absolute atomic E-state index is 0.108. The minimum atomic E-state index is -0.548. The highest BCUT2D eigenvalue weighted by molar-refractivity contribution is 5.66. The van der Waals surface area contributed by atoms with Crippen molar-refractivity contribution in [2.75, 3.05) is 0 Å². The van der Waals surface area contributed by atoms with Crippen LogP contribution in [0.15, 0.2) is 15.9 Å². The van der Waals surface area contributed by atoms with Gasteiger partial charge >= 0.3 is 5.69 Å². The van der Waals surface area contributed by atoms with Crippen LogP contribution in [0.3, 0.4) is 0 Å². The lowest BCUT2D eigenvalue weighted by Gasteiger charge is -1.98. The first-order valence-corrected chi connectivity index (χ1v) is 3.47. The Hall–Kier alpha value is -2.05. The number of rotatable bonds is 0. The van der Waals surface area contributed by atoms with Gasteiger partial charge in [0.05, 0.1) is 0 Å². The minimum Gasteiger partial charge on any atom is -0.278 e. The second-order valence-corrected chi connectivity index (χ2v) is 2.45. The predicted molar refractivity (Wildman–Crippen MR) is 43.2 cm³/mol. The van der Waals surface area contributed by atoms with Crippen molar-refractivity contribution >= 4 is 11.2 Å². The molecule has 0 bridgehead atoms. The summed E-state index contributed by atoms with van der Waals surface area (Å²) in [5, 5.41) is 7.12.